The molecule has 0 amide bonds. The highest BCUT2D eigenvalue weighted by molar-refractivity contribution is 7.22. The van der Waals surface area contributed by atoms with Crippen LogP contribution in [0.3, 0.4) is 0 Å². The van der Waals surface area contributed by atoms with Crippen molar-refractivity contribution in [2.24, 2.45) is 0 Å². The van der Waals surface area contributed by atoms with Gasteiger partial charge in [-0.2, -0.15) is 0 Å². The Hall–Kier alpha value is -2.83. The number of nitrogens with zero attached hydrogens (tertiary/aromatic N) is 2. The van der Waals surface area contributed by atoms with Crippen molar-refractivity contribution in [2.75, 3.05) is 13.6 Å². The molecule has 4 rings (SSSR count). The second-order valence-electron chi connectivity index (χ2n) is 6.34. The van der Waals surface area contributed by atoms with Crippen molar-refractivity contribution in [3.63, 3.8) is 0 Å². The Kier molecular flexibility index (Phi) is 5.09. The average Bonchev–Trinajstić information content (AvgIpc) is 3.16. The van der Waals surface area contributed by atoms with Gasteiger partial charge in [-0.15, -0.1) is 11.3 Å². The fraction of sp³-hybridized carbons (Fsp3) is 0.190. The third-order valence-electron chi connectivity index (χ3n) is 4.54. The van der Waals surface area contributed by atoms with Crippen LogP contribution in [0.2, 0.25) is 0 Å². The number of carbonyl (C=O) groups is 1. The zero-order chi connectivity index (χ0) is 18.6. The topological polar surface area (TPSA) is 66.9 Å². The predicted octanol–water partition coefficient (Wildman–Crippen LogP) is 3.76. The van der Waals surface area contributed by atoms with E-state index in [2.05, 4.69) is 33.8 Å². The van der Waals surface area contributed by atoms with Gasteiger partial charge in [0.25, 0.3) is 0 Å². The van der Waals surface area contributed by atoms with Crippen molar-refractivity contribution in [3.05, 3.63) is 65.6 Å². The van der Waals surface area contributed by atoms with Gasteiger partial charge >= 0.3 is 0 Å². The Morgan fingerprint density at radius 3 is 3.00 bits per heavy atom. The van der Waals surface area contributed by atoms with E-state index in [1.807, 2.05) is 31.3 Å². The van der Waals surface area contributed by atoms with E-state index in [4.69, 9.17) is 4.98 Å². The number of aldehydes is 1. The molecule has 0 fully saturated rings. The average molecular weight is 376 g/mol. The maximum absolute atomic E-state index is 11.3. The van der Waals surface area contributed by atoms with Crippen LogP contribution < -0.4 is 10.6 Å². The van der Waals surface area contributed by atoms with Crippen LogP contribution in [0.5, 0.6) is 0 Å². The lowest BCUT2D eigenvalue weighted by molar-refractivity contribution is -0.105. The number of carbonyl (C=O) groups excluding carboxylic acids is 1. The predicted molar refractivity (Wildman–Crippen MR) is 110 cm³/mol. The fourth-order valence-electron chi connectivity index (χ4n) is 3.11. The number of aromatic nitrogens is 2. The molecule has 1 aromatic carbocycles. The van der Waals surface area contributed by atoms with Gasteiger partial charge in [-0.3, -0.25) is 4.79 Å². The van der Waals surface area contributed by atoms with Gasteiger partial charge in [0.05, 0.1) is 16.3 Å². The van der Waals surface area contributed by atoms with Gasteiger partial charge < -0.3 is 10.6 Å². The molecule has 2 N–H and O–H groups in total. The molecule has 0 saturated heterocycles. The van der Waals surface area contributed by atoms with E-state index in [-0.39, 0.29) is 0 Å². The number of nitrogens with one attached hydrogen (secondary N) is 2. The van der Waals surface area contributed by atoms with E-state index in [0.29, 0.717) is 6.42 Å². The van der Waals surface area contributed by atoms with E-state index in [1.54, 1.807) is 17.5 Å². The lowest BCUT2D eigenvalue weighted by Crippen LogP contribution is -2.22. The molecule has 0 bridgehead atoms. The molecule has 3 aromatic rings. The molecule has 27 heavy (non-hydrogen) atoms. The first-order valence-corrected chi connectivity index (χ1v) is 9.71. The molecule has 2 aromatic heterocycles. The molecule has 0 atom stereocenters. The Morgan fingerprint density at radius 2 is 2.19 bits per heavy atom. The van der Waals surface area contributed by atoms with E-state index in [9.17, 15) is 4.79 Å². The van der Waals surface area contributed by atoms with Crippen LogP contribution in [0, 0.1) is 0 Å². The van der Waals surface area contributed by atoms with Gasteiger partial charge in [0.15, 0.2) is 5.82 Å². The molecule has 136 valence electrons. The van der Waals surface area contributed by atoms with Gasteiger partial charge in [0.2, 0.25) is 0 Å². The maximum atomic E-state index is 11.3. The van der Waals surface area contributed by atoms with Crippen molar-refractivity contribution >= 4 is 33.4 Å². The van der Waals surface area contributed by atoms with Crippen LogP contribution >= 0.6 is 11.3 Å². The second kappa shape index (κ2) is 7.82. The summed E-state index contributed by atoms with van der Waals surface area (Å²) in [7, 11) is 1.91. The molecule has 0 saturated carbocycles. The summed E-state index contributed by atoms with van der Waals surface area (Å²) in [5, 5.41) is 7.72. The van der Waals surface area contributed by atoms with Crippen LogP contribution in [0.25, 0.3) is 26.5 Å². The van der Waals surface area contributed by atoms with Crippen molar-refractivity contribution in [1.29, 1.82) is 0 Å². The lowest BCUT2D eigenvalue weighted by Gasteiger charge is -2.20. The van der Waals surface area contributed by atoms with Gasteiger partial charge in [0, 0.05) is 35.1 Å². The number of hydrogen-bond donors (Lipinski definition) is 2. The molecule has 6 heteroatoms. The van der Waals surface area contributed by atoms with E-state index in [0.717, 1.165) is 52.6 Å². The van der Waals surface area contributed by atoms with Crippen LogP contribution in [0.1, 0.15) is 18.5 Å². The summed E-state index contributed by atoms with van der Waals surface area (Å²) in [6.07, 6.45) is 6.14. The monoisotopic (exact) mass is 376 g/mol. The summed E-state index contributed by atoms with van der Waals surface area (Å²) in [5.41, 5.74) is 3.52. The minimum Gasteiger partial charge on any atom is -0.357 e. The first-order valence-electron chi connectivity index (χ1n) is 8.90. The minimum atomic E-state index is 0.618. The summed E-state index contributed by atoms with van der Waals surface area (Å²) in [6, 6.07) is 12.3. The molecule has 0 unspecified atom stereocenters. The van der Waals surface area contributed by atoms with Crippen molar-refractivity contribution < 1.29 is 4.79 Å². The first kappa shape index (κ1) is 17.6. The summed E-state index contributed by atoms with van der Waals surface area (Å²) in [5.74, 6) is 0.721. The number of rotatable bonds is 6. The van der Waals surface area contributed by atoms with Crippen LogP contribution in [0.15, 0.2) is 59.9 Å². The highest BCUT2D eigenvalue weighted by Crippen LogP contribution is 2.32. The zero-order valence-corrected chi connectivity index (χ0v) is 15.8. The minimum absolute atomic E-state index is 0.618. The normalized spacial score (nSPS) is 14.2. The number of fused-ring (bicyclic) bond motifs is 1. The van der Waals surface area contributed by atoms with Gasteiger partial charge in [-0.1, -0.05) is 24.3 Å². The highest BCUT2D eigenvalue weighted by Gasteiger charge is 2.16. The molecule has 3 heterocycles. The number of allylic oxidation sites excluding steroid dienone is 2. The quantitative estimate of drug-likeness (QED) is 0.641. The largest absolute Gasteiger partial charge is 0.357 e. The zero-order valence-electron chi connectivity index (χ0n) is 15.0. The molecular formula is C21H20N4OS. The molecule has 0 aliphatic carbocycles. The van der Waals surface area contributed by atoms with Crippen molar-refractivity contribution in [2.45, 2.75) is 12.8 Å². The van der Waals surface area contributed by atoms with Gasteiger partial charge in [-0.05, 0) is 37.1 Å². The molecule has 1 aliphatic heterocycles. The first-order chi connectivity index (χ1) is 13.3. The van der Waals surface area contributed by atoms with Gasteiger partial charge in [-0.25, -0.2) is 9.97 Å². The standard InChI is InChI=1S/C21H20N4OS/c1-22-10-8-16-15(13-26)6-7-17(24-16)18-9-11-23-21(25-18)20-12-14-4-2-3-5-19(14)27-20/h2-5,7,9,11-13,22,24H,6,8,10H2,1H3. The SMILES string of the molecule is CNCCC1=C(C=O)CC=C(c2ccnc(-c3cc4ccccc4s3)n2)N1. The van der Waals surface area contributed by atoms with Crippen LogP contribution in [0.4, 0.5) is 0 Å². The third-order valence-corrected chi connectivity index (χ3v) is 5.66. The molecule has 0 spiro atoms. The van der Waals surface area contributed by atoms with E-state index >= 15 is 0 Å². The Bertz CT molecular complexity index is 1020. The highest BCUT2D eigenvalue weighted by atomic mass is 32.1. The molecule has 0 radical (unpaired) electrons. The number of thiophene rings is 1. The molecular weight excluding hydrogens is 356 g/mol. The van der Waals surface area contributed by atoms with Crippen molar-refractivity contribution in [1.82, 2.24) is 20.6 Å². The summed E-state index contributed by atoms with van der Waals surface area (Å²) in [6.45, 7) is 0.809. The fourth-order valence-corrected chi connectivity index (χ4v) is 4.11. The number of benzene rings is 1. The number of hydrogen-bond acceptors (Lipinski definition) is 6. The van der Waals surface area contributed by atoms with Crippen LogP contribution in [-0.2, 0) is 4.79 Å². The Balaban J connectivity index is 1.63. The lowest BCUT2D eigenvalue weighted by atomic mass is 10.0. The Morgan fingerprint density at radius 1 is 1.30 bits per heavy atom. The van der Waals surface area contributed by atoms with Crippen molar-refractivity contribution in [3.8, 4) is 10.7 Å². The third kappa shape index (κ3) is 3.67. The Labute approximate surface area is 161 Å². The van der Waals surface area contributed by atoms with E-state index < -0.39 is 0 Å². The molecule has 5 nitrogen and oxygen atoms in total. The summed E-state index contributed by atoms with van der Waals surface area (Å²) >= 11 is 1.69. The van der Waals surface area contributed by atoms with E-state index in [1.165, 1.54) is 10.1 Å². The van der Waals surface area contributed by atoms with Gasteiger partial charge in [0.1, 0.15) is 6.29 Å². The summed E-state index contributed by atoms with van der Waals surface area (Å²) in [4.78, 5) is 21.6. The second-order valence-corrected chi connectivity index (χ2v) is 7.42. The summed E-state index contributed by atoms with van der Waals surface area (Å²) < 4.78 is 1.23. The maximum Gasteiger partial charge on any atom is 0.170 e. The molecule has 1 aliphatic rings. The van der Waals surface area contributed by atoms with Crippen LogP contribution in [-0.4, -0.2) is 29.8 Å². The smallest absolute Gasteiger partial charge is 0.170 e. The number of dihydropyridines is 1.